The summed E-state index contributed by atoms with van der Waals surface area (Å²) in [7, 11) is 0. The van der Waals surface area contributed by atoms with E-state index in [0.29, 0.717) is 17.9 Å². The fourth-order valence-electron chi connectivity index (χ4n) is 2.85. The monoisotopic (exact) mass is 317 g/mol. The molecule has 1 saturated carbocycles. The first kappa shape index (κ1) is 16.0. The van der Waals surface area contributed by atoms with E-state index in [1.54, 1.807) is 0 Å². The van der Waals surface area contributed by atoms with Gasteiger partial charge in [0, 0.05) is 17.3 Å². The Balaban J connectivity index is 2.45. The van der Waals surface area contributed by atoms with Crippen LogP contribution in [0.4, 0.5) is 0 Å². The Kier molecular flexibility index (Phi) is 7.96. The van der Waals surface area contributed by atoms with Crippen molar-refractivity contribution in [1.29, 1.82) is 0 Å². The Hall–Kier alpha value is -0.0500. The third-order valence-electron chi connectivity index (χ3n) is 4.20. The molecule has 1 aliphatic carbocycles. The van der Waals surface area contributed by atoms with Gasteiger partial charge < -0.3 is 5.32 Å². The summed E-state index contributed by atoms with van der Waals surface area (Å²) in [5.41, 5.74) is 0. The molecule has 18 heavy (non-hydrogen) atoms. The third-order valence-corrected chi connectivity index (χ3v) is 5.04. The van der Waals surface area contributed by atoms with Gasteiger partial charge >= 0.3 is 0 Å². The van der Waals surface area contributed by atoms with Crippen LogP contribution < -0.4 is 5.32 Å². The van der Waals surface area contributed by atoms with Gasteiger partial charge in [-0.15, -0.1) is 0 Å². The Morgan fingerprint density at radius 3 is 2.67 bits per heavy atom. The fraction of sp³-hybridized carbons (Fsp3) is 0.933. The first-order valence-electron chi connectivity index (χ1n) is 7.59. The van der Waals surface area contributed by atoms with Gasteiger partial charge in [-0.25, -0.2) is 0 Å². The van der Waals surface area contributed by atoms with Crippen molar-refractivity contribution in [2.45, 2.75) is 71.3 Å². The van der Waals surface area contributed by atoms with E-state index in [0.717, 1.165) is 24.6 Å². The second-order valence-electron chi connectivity index (χ2n) is 5.56. The normalized spacial score (nSPS) is 25.7. The van der Waals surface area contributed by atoms with E-state index in [2.05, 4.69) is 35.1 Å². The van der Waals surface area contributed by atoms with Gasteiger partial charge in [-0.05, 0) is 31.6 Å². The molecule has 0 spiro atoms. The second kappa shape index (κ2) is 8.95. The number of carbonyl (C=O) groups excluding carboxylic acids is 1. The van der Waals surface area contributed by atoms with E-state index in [9.17, 15) is 4.79 Å². The van der Waals surface area contributed by atoms with Crippen LogP contribution in [0.1, 0.15) is 65.2 Å². The molecule has 3 unspecified atom stereocenters. The molecule has 1 amide bonds. The molecule has 0 bridgehead atoms. The fourth-order valence-corrected chi connectivity index (χ4v) is 3.63. The molecule has 3 heteroatoms. The van der Waals surface area contributed by atoms with Gasteiger partial charge in [-0.2, -0.15) is 0 Å². The Labute approximate surface area is 120 Å². The van der Waals surface area contributed by atoms with Crippen LogP contribution in [0.5, 0.6) is 0 Å². The zero-order chi connectivity index (χ0) is 13.4. The van der Waals surface area contributed by atoms with Crippen LogP contribution in [-0.4, -0.2) is 17.3 Å². The maximum Gasteiger partial charge on any atom is 0.223 e. The second-order valence-corrected chi connectivity index (χ2v) is 6.21. The highest BCUT2D eigenvalue weighted by atomic mass is 79.9. The molecule has 0 aromatic carbocycles. The quantitative estimate of drug-likeness (QED) is 0.698. The molecule has 2 nitrogen and oxygen atoms in total. The summed E-state index contributed by atoms with van der Waals surface area (Å²) in [6, 6.07) is 0.404. The van der Waals surface area contributed by atoms with E-state index in [-0.39, 0.29) is 5.92 Å². The summed E-state index contributed by atoms with van der Waals surface area (Å²) >= 11 is 3.59. The molecule has 1 rings (SSSR count). The summed E-state index contributed by atoms with van der Waals surface area (Å²) < 4.78 is 0. The van der Waals surface area contributed by atoms with Crippen molar-refractivity contribution in [3.8, 4) is 0 Å². The zero-order valence-corrected chi connectivity index (χ0v) is 13.5. The summed E-state index contributed by atoms with van der Waals surface area (Å²) in [6.45, 7) is 4.31. The number of alkyl halides is 1. The highest BCUT2D eigenvalue weighted by Gasteiger charge is 2.27. The first-order valence-corrected chi connectivity index (χ1v) is 8.71. The SMILES string of the molecule is CCCCC(CC)C(=O)NC1CCCCC1CBr. The maximum absolute atomic E-state index is 12.3. The van der Waals surface area contributed by atoms with Gasteiger partial charge in [0.15, 0.2) is 0 Å². The van der Waals surface area contributed by atoms with E-state index in [1.165, 1.54) is 32.1 Å². The van der Waals surface area contributed by atoms with Crippen LogP contribution in [0.25, 0.3) is 0 Å². The van der Waals surface area contributed by atoms with Crippen LogP contribution >= 0.6 is 15.9 Å². The van der Waals surface area contributed by atoms with E-state index >= 15 is 0 Å². The summed E-state index contributed by atoms with van der Waals surface area (Å²) in [6.07, 6.45) is 9.35. The molecule has 1 fully saturated rings. The predicted octanol–water partition coefficient (Wildman–Crippen LogP) is 4.27. The minimum atomic E-state index is 0.225. The first-order chi connectivity index (χ1) is 8.72. The molecule has 0 heterocycles. The number of hydrogen-bond acceptors (Lipinski definition) is 1. The number of amides is 1. The number of hydrogen-bond donors (Lipinski definition) is 1. The lowest BCUT2D eigenvalue weighted by atomic mass is 9.85. The smallest absolute Gasteiger partial charge is 0.223 e. The minimum Gasteiger partial charge on any atom is -0.353 e. The Bertz CT molecular complexity index is 245. The van der Waals surface area contributed by atoms with Gasteiger partial charge in [-0.3, -0.25) is 4.79 Å². The lowest BCUT2D eigenvalue weighted by Gasteiger charge is -2.32. The minimum absolute atomic E-state index is 0.225. The molecule has 1 aliphatic rings. The number of carbonyl (C=O) groups is 1. The molecular formula is C15H28BrNO. The van der Waals surface area contributed by atoms with Crippen molar-refractivity contribution in [3.63, 3.8) is 0 Å². The number of nitrogens with one attached hydrogen (secondary N) is 1. The average Bonchev–Trinajstić information content (AvgIpc) is 2.40. The number of unbranched alkanes of at least 4 members (excludes halogenated alkanes) is 1. The van der Waals surface area contributed by atoms with Crippen LogP contribution in [0.3, 0.4) is 0 Å². The molecule has 106 valence electrons. The van der Waals surface area contributed by atoms with E-state index in [4.69, 9.17) is 0 Å². The lowest BCUT2D eigenvalue weighted by molar-refractivity contribution is -0.126. The van der Waals surface area contributed by atoms with Crippen molar-refractivity contribution in [3.05, 3.63) is 0 Å². The molecule has 1 N–H and O–H groups in total. The molecule has 0 aromatic heterocycles. The zero-order valence-electron chi connectivity index (χ0n) is 11.9. The third kappa shape index (κ3) is 4.91. The molecule has 3 atom stereocenters. The average molecular weight is 318 g/mol. The number of halogens is 1. The summed E-state index contributed by atoms with van der Waals surface area (Å²) in [5, 5.41) is 4.33. The van der Waals surface area contributed by atoms with Crippen LogP contribution in [0, 0.1) is 11.8 Å². The van der Waals surface area contributed by atoms with Crippen molar-refractivity contribution in [1.82, 2.24) is 5.32 Å². The van der Waals surface area contributed by atoms with E-state index < -0.39 is 0 Å². The summed E-state index contributed by atoms with van der Waals surface area (Å²) in [5.74, 6) is 1.15. The van der Waals surface area contributed by atoms with Gasteiger partial charge in [0.2, 0.25) is 5.91 Å². The number of rotatable bonds is 7. The van der Waals surface area contributed by atoms with Crippen molar-refractivity contribution in [2.24, 2.45) is 11.8 Å². The molecular weight excluding hydrogens is 290 g/mol. The highest BCUT2D eigenvalue weighted by Crippen LogP contribution is 2.26. The standard InChI is InChI=1S/C15H28BrNO/c1-3-5-8-12(4-2)15(18)17-14-10-7-6-9-13(14)11-16/h12-14H,3-11H2,1-2H3,(H,17,18). The van der Waals surface area contributed by atoms with Crippen molar-refractivity contribution >= 4 is 21.8 Å². The van der Waals surface area contributed by atoms with E-state index in [1.807, 2.05) is 0 Å². The predicted molar refractivity (Wildman–Crippen MR) is 81.0 cm³/mol. The summed E-state index contributed by atoms with van der Waals surface area (Å²) in [4.78, 5) is 12.3. The Morgan fingerprint density at radius 2 is 2.06 bits per heavy atom. The van der Waals surface area contributed by atoms with Crippen LogP contribution in [-0.2, 0) is 4.79 Å². The maximum atomic E-state index is 12.3. The Morgan fingerprint density at radius 1 is 1.33 bits per heavy atom. The van der Waals surface area contributed by atoms with Crippen LogP contribution in [0.15, 0.2) is 0 Å². The molecule has 0 aliphatic heterocycles. The van der Waals surface area contributed by atoms with Gasteiger partial charge in [0.25, 0.3) is 0 Å². The van der Waals surface area contributed by atoms with Gasteiger partial charge in [0.1, 0.15) is 0 Å². The van der Waals surface area contributed by atoms with Gasteiger partial charge in [0.05, 0.1) is 0 Å². The molecule has 0 aromatic rings. The lowest BCUT2D eigenvalue weighted by Crippen LogP contribution is -2.45. The molecule has 0 saturated heterocycles. The van der Waals surface area contributed by atoms with Gasteiger partial charge in [-0.1, -0.05) is 55.5 Å². The highest BCUT2D eigenvalue weighted by molar-refractivity contribution is 9.09. The largest absolute Gasteiger partial charge is 0.353 e. The van der Waals surface area contributed by atoms with Crippen LogP contribution in [0.2, 0.25) is 0 Å². The topological polar surface area (TPSA) is 29.1 Å². The van der Waals surface area contributed by atoms with Crippen molar-refractivity contribution < 1.29 is 4.79 Å². The van der Waals surface area contributed by atoms with Crippen molar-refractivity contribution in [2.75, 3.05) is 5.33 Å². The molecule has 0 radical (unpaired) electrons.